The summed E-state index contributed by atoms with van der Waals surface area (Å²) in [7, 11) is 2.10. The Hall–Kier alpha value is -0.770. The number of hydrogen-bond acceptors (Lipinski definition) is 2. The minimum absolute atomic E-state index is 0.573. The lowest BCUT2D eigenvalue weighted by Gasteiger charge is -2.29. The lowest BCUT2D eigenvalue weighted by molar-refractivity contribution is 0.272. The molecule has 0 saturated heterocycles. The van der Waals surface area contributed by atoms with Gasteiger partial charge in [-0.25, -0.2) is 5.84 Å². The van der Waals surface area contributed by atoms with Gasteiger partial charge in [0.1, 0.15) is 0 Å². The Balaban J connectivity index is 1.85. The first kappa shape index (κ1) is 13.7. The number of hydrogen-bond donors (Lipinski definition) is 2. The first-order chi connectivity index (χ1) is 8.60. The monoisotopic (exact) mass is 252 g/mol. The van der Waals surface area contributed by atoms with Crippen LogP contribution in [0.4, 0.5) is 0 Å². The van der Waals surface area contributed by atoms with Crippen molar-refractivity contribution < 1.29 is 0 Å². The molecule has 2 rings (SSSR count). The van der Waals surface area contributed by atoms with E-state index >= 15 is 0 Å². The van der Waals surface area contributed by atoms with Gasteiger partial charge in [0.25, 0.3) is 0 Å². The van der Waals surface area contributed by atoms with E-state index in [9.17, 15) is 0 Å². The summed E-state index contributed by atoms with van der Waals surface area (Å²) in [6, 6.07) is 0. The van der Waals surface area contributed by atoms with Gasteiger partial charge in [0.05, 0.1) is 0 Å². The van der Waals surface area contributed by atoms with Crippen molar-refractivity contribution in [3.63, 3.8) is 0 Å². The molecule has 0 aromatic carbocycles. The van der Waals surface area contributed by atoms with Crippen LogP contribution in [-0.2, 0) is 0 Å². The van der Waals surface area contributed by atoms with Crippen molar-refractivity contribution >= 4 is 5.96 Å². The molecular formula is C14H28N4. The Labute approximate surface area is 111 Å². The van der Waals surface area contributed by atoms with Gasteiger partial charge in [-0.15, -0.1) is 0 Å². The molecule has 0 heterocycles. The minimum Gasteiger partial charge on any atom is -0.345 e. The van der Waals surface area contributed by atoms with Crippen LogP contribution in [0.25, 0.3) is 0 Å². The summed E-state index contributed by atoms with van der Waals surface area (Å²) in [6.07, 6.45) is 5.79. The molecule has 3 N–H and O–H groups in total. The van der Waals surface area contributed by atoms with E-state index in [0.29, 0.717) is 5.92 Å². The summed E-state index contributed by atoms with van der Waals surface area (Å²) >= 11 is 0. The molecule has 3 atom stereocenters. The van der Waals surface area contributed by atoms with E-state index in [-0.39, 0.29) is 0 Å². The van der Waals surface area contributed by atoms with Crippen LogP contribution in [0.3, 0.4) is 0 Å². The smallest absolute Gasteiger partial charge is 0.208 e. The molecule has 0 aliphatic heterocycles. The number of rotatable bonds is 4. The maximum Gasteiger partial charge on any atom is 0.208 e. The highest BCUT2D eigenvalue weighted by atomic mass is 15.4. The quantitative estimate of drug-likeness (QED) is 0.347. The van der Waals surface area contributed by atoms with Gasteiger partial charge in [-0.2, -0.15) is 0 Å². The van der Waals surface area contributed by atoms with Crippen LogP contribution in [0, 0.1) is 23.7 Å². The molecule has 3 unspecified atom stereocenters. The fraction of sp³-hybridized carbons (Fsp3) is 0.929. The Kier molecular flexibility index (Phi) is 4.49. The normalized spacial score (nSPS) is 31.2. The number of nitrogens with zero attached hydrogens (tertiary/aromatic N) is 2. The maximum atomic E-state index is 5.59. The molecule has 18 heavy (non-hydrogen) atoms. The highest BCUT2D eigenvalue weighted by Gasteiger charge is 2.39. The third-order valence-electron chi connectivity index (χ3n) is 4.49. The zero-order valence-electron chi connectivity index (χ0n) is 12.0. The predicted octanol–water partition coefficient (Wildman–Crippen LogP) is 1.83. The molecule has 2 saturated carbocycles. The molecule has 0 aromatic heterocycles. The number of nitrogens with two attached hydrogens (primary N) is 1. The topological polar surface area (TPSA) is 53.6 Å². The first-order valence-electron chi connectivity index (χ1n) is 7.32. The summed E-state index contributed by atoms with van der Waals surface area (Å²) in [6.45, 7) is 6.28. The first-order valence-corrected chi connectivity index (χ1v) is 7.32. The zero-order chi connectivity index (χ0) is 13.1. The second-order valence-electron chi connectivity index (χ2n) is 6.52. The van der Waals surface area contributed by atoms with Gasteiger partial charge in [0.15, 0.2) is 0 Å². The Morgan fingerprint density at radius 2 is 2.17 bits per heavy atom. The van der Waals surface area contributed by atoms with Crippen molar-refractivity contribution in [2.45, 2.75) is 39.5 Å². The Morgan fingerprint density at radius 1 is 1.39 bits per heavy atom. The van der Waals surface area contributed by atoms with Gasteiger partial charge >= 0.3 is 0 Å². The van der Waals surface area contributed by atoms with E-state index in [1.54, 1.807) is 0 Å². The van der Waals surface area contributed by atoms with E-state index in [4.69, 9.17) is 5.84 Å². The minimum atomic E-state index is 0.573. The fourth-order valence-corrected chi connectivity index (χ4v) is 3.58. The summed E-state index contributed by atoms with van der Waals surface area (Å²) < 4.78 is 0. The number of guanidine groups is 1. The third kappa shape index (κ3) is 3.16. The van der Waals surface area contributed by atoms with Crippen LogP contribution in [0.5, 0.6) is 0 Å². The number of nitrogens with one attached hydrogen (secondary N) is 1. The van der Waals surface area contributed by atoms with Crippen LogP contribution >= 0.6 is 0 Å². The third-order valence-corrected chi connectivity index (χ3v) is 4.49. The van der Waals surface area contributed by atoms with Crippen molar-refractivity contribution in [3.8, 4) is 0 Å². The number of hydrazine groups is 1. The molecule has 2 fully saturated rings. The van der Waals surface area contributed by atoms with Crippen molar-refractivity contribution in [1.82, 2.24) is 10.3 Å². The van der Waals surface area contributed by atoms with Crippen molar-refractivity contribution in [2.75, 3.05) is 20.1 Å². The van der Waals surface area contributed by atoms with E-state index in [0.717, 1.165) is 36.8 Å². The fourth-order valence-electron chi connectivity index (χ4n) is 3.58. The standard InChI is InChI=1S/C14H28N4/c1-10(2)8-16-14(17-15)18(3)9-13-7-11-4-5-12(13)6-11/h10-13H,4-9,15H2,1-3H3,(H,16,17). The molecular weight excluding hydrogens is 224 g/mol. The van der Waals surface area contributed by atoms with Crippen LogP contribution in [-0.4, -0.2) is 31.0 Å². The predicted molar refractivity (Wildman–Crippen MR) is 76.0 cm³/mol. The number of aliphatic imine (C=N–C) groups is 1. The molecule has 0 aromatic rings. The molecule has 0 amide bonds. The van der Waals surface area contributed by atoms with Gasteiger partial charge < -0.3 is 4.90 Å². The Bertz CT molecular complexity index is 300. The lowest BCUT2D eigenvalue weighted by atomic mass is 9.88. The molecule has 2 aliphatic carbocycles. The van der Waals surface area contributed by atoms with Crippen LogP contribution in [0.2, 0.25) is 0 Å². The van der Waals surface area contributed by atoms with E-state index < -0.39 is 0 Å². The van der Waals surface area contributed by atoms with Gasteiger partial charge in [-0.05, 0) is 42.9 Å². The average molecular weight is 252 g/mol. The van der Waals surface area contributed by atoms with Crippen molar-refractivity contribution in [3.05, 3.63) is 0 Å². The summed E-state index contributed by atoms with van der Waals surface area (Å²) in [5.41, 5.74) is 2.75. The molecule has 0 radical (unpaired) electrons. The van der Waals surface area contributed by atoms with Gasteiger partial charge in [-0.1, -0.05) is 20.3 Å². The van der Waals surface area contributed by atoms with E-state index in [2.05, 4.69) is 36.2 Å². The van der Waals surface area contributed by atoms with E-state index in [1.165, 1.54) is 25.7 Å². The molecule has 4 heteroatoms. The molecule has 104 valence electrons. The molecule has 2 aliphatic rings. The largest absolute Gasteiger partial charge is 0.345 e. The van der Waals surface area contributed by atoms with Gasteiger partial charge in [-0.3, -0.25) is 10.4 Å². The molecule has 0 spiro atoms. The SMILES string of the molecule is CC(C)CN=C(NN)N(C)CC1CC2CCC1C2. The lowest BCUT2D eigenvalue weighted by Crippen LogP contribution is -2.45. The van der Waals surface area contributed by atoms with Crippen LogP contribution in [0.1, 0.15) is 39.5 Å². The van der Waals surface area contributed by atoms with E-state index in [1.807, 2.05) is 0 Å². The van der Waals surface area contributed by atoms with Crippen molar-refractivity contribution in [1.29, 1.82) is 0 Å². The van der Waals surface area contributed by atoms with Crippen LogP contribution in [0.15, 0.2) is 4.99 Å². The van der Waals surface area contributed by atoms with Gasteiger partial charge in [0, 0.05) is 20.1 Å². The highest BCUT2D eigenvalue weighted by Crippen LogP contribution is 2.48. The summed E-state index contributed by atoms with van der Waals surface area (Å²) in [5.74, 6) is 9.82. The second-order valence-corrected chi connectivity index (χ2v) is 6.52. The number of fused-ring (bicyclic) bond motifs is 2. The molecule has 4 nitrogen and oxygen atoms in total. The maximum absolute atomic E-state index is 5.59. The summed E-state index contributed by atoms with van der Waals surface area (Å²) in [4.78, 5) is 6.75. The second kappa shape index (κ2) is 5.91. The zero-order valence-corrected chi connectivity index (χ0v) is 12.0. The average Bonchev–Trinajstić information content (AvgIpc) is 2.91. The molecule has 2 bridgehead atoms. The Morgan fingerprint density at radius 3 is 2.67 bits per heavy atom. The van der Waals surface area contributed by atoms with Crippen molar-refractivity contribution in [2.24, 2.45) is 34.5 Å². The highest BCUT2D eigenvalue weighted by molar-refractivity contribution is 5.79. The van der Waals surface area contributed by atoms with Crippen LogP contribution < -0.4 is 11.3 Å². The summed E-state index contributed by atoms with van der Waals surface area (Å²) in [5, 5.41) is 0. The van der Waals surface area contributed by atoms with Gasteiger partial charge in [0.2, 0.25) is 5.96 Å².